The number of anilines is 2. The summed E-state index contributed by atoms with van der Waals surface area (Å²) in [5.74, 6) is -0.0912. The second-order valence-corrected chi connectivity index (χ2v) is 9.52. The summed E-state index contributed by atoms with van der Waals surface area (Å²) < 4.78 is 53.1. The first kappa shape index (κ1) is 21.5. The van der Waals surface area contributed by atoms with Gasteiger partial charge in [-0.25, -0.2) is 41.0 Å². The van der Waals surface area contributed by atoms with Crippen LogP contribution in [0.2, 0.25) is 5.02 Å². The average Bonchev–Trinajstić information content (AvgIpc) is 2.68. The van der Waals surface area contributed by atoms with Crippen LogP contribution in [0.5, 0.6) is 0 Å². The van der Waals surface area contributed by atoms with Crippen LogP contribution in [0, 0.1) is 0 Å². The molecule has 0 atom stereocenters. The molecule has 0 aliphatic rings. The number of hydrogen-bond donors (Lipinski definition) is 3. The van der Waals surface area contributed by atoms with Crippen molar-refractivity contribution < 1.29 is 21.6 Å². The molecule has 1 heterocycles. The number of carbonyl (C=O) groups excluding carboxylic acids is 1. The highest BCUT2D eigenvalue weighted by Gasteiger charge is 2.18. The van der Waals surface area contributed by atoms with E-state index in [1.165, 1.54) is 67.0 Å². The van der Waals surface area contributed by atoms with Gasteiger partial charge in [0.1, 0.15) is 0 Å². The van der Waals surface area contributed by atoms with Gasteiger partial charge in [-0.15, -0.1) is 0 Å². The average molecular weight is 468 g/mol. The van der Waals surface area contributed by atoms with Crippen molar-refractivity contribution in [3.63, 3.8) is 0 Å². The Balaban J connectivity index is 1.66. The SMILES string of the molecule is O=C(Nc1ccc(S(=O)(=O)Nc2ncccn2)cc1)NS(=O)(=O)c1ccc(Cl)cc1. The molecule has 0 aliphatic carbocycles. The van der Waals surface area contributed by atoms with Crippen LogP contribution in [-0.4, -0.2) is 32.8 Å². The van der Waals surface area contributed by atoms with Gasteiger partial charge in [-0.05, 0) is 54.6 Å². The monoisotopic (exact) mass is 467 g/mol. The van der Waals surface area contributed by atoms with Crippen LogP contribution in [0.15, 0.2) is 76.8 Å². The third kappa shape index (κ3) is 5.43. The molecule has 13 heteroatoms. The molecular weight excluding hydrogens is 454 g/mol. The molecule has 10 nitrogen and oxygen atoms in total. The number of benzene rings is 2. The summed E-state index contributed by atoms with van der Waals surface area (Å²) in [6, 6.07) is 10.8. The van der Waals surface area contributed by atoms with Crippen LogP contribution in [-0.2, 0) is 20.0 Å². The van der Waals surface area contributed by atoms with E-state index < -0.39 is 26.1 Å². The molecule has 3 N–H and O–H groups in total. The quantitative estimate of drug-likeness (QED) is 0.504. The van der Waals surface area contributed by atoms with E-state index in [0.29, 0.717) is 5.02 Å². The highest BCUT2D eigenvalue weighted by Crippen LogP contribution is 2.17. The molecule has 0 fully saturated rings. The number of nitrogens with zero attached hydrogens (tertiary/aromatic N) is 2. The summed E-state index contributed by atoms with van der Waals surface area (Å²) in [5.41, 5.74) is 0.175. The molecule has 1 aromatic heterocycles. The maximum Gasteiger partial charge on any atom is 0.333 e. The van der Waals surface area contributed by atoms with Gasteiger partial charge in [-0.2, -0.15) is 0 Å². The fraction of sp³-hybridized carbons (Fsp3) is 0. The summed E-state index contributed by atoms with van der Waals surface area (Å²) in [5, 5.41) is 2.66. The van der Waals surface area contributed by atoms with Gasteiger partial charge in [0.15, 0.2) is 0 Å². The highest BCUT2D eigenvalue weighted by molar-refractivity contribution is 7.92. The molecular formula is C17H14ClN5O5S2. The maximum absolute atomic E-state index is 12.3. The summed E-state index contributed by atoms with van der Waals surface area (Å²) >= 11 is 5.72. The van der Waals surface area contributed by atoms with Crippen LogP contribution in [0.25, 0.3) is 0 Å². The number of hydrogen-bond acceptors (Lipinski definition) is 7. The topological polar surface area (TPSA) is 147 Å². The molecule has 156 valence electrons. The van der Waals surface area contributed by atoms with Crippen LogP contribution in [0.1, 0.15) is 0 Å². The van der Waals surface area contributed by atoms with E-state index >= 15 is 0 Å². The third-order valence-electron chi connectivity index (χ3n) is 3.56. The van der Waals surface area contributed by atoms with Crippen molar-refractivity contribution in [2.45, 2.75) is 9.79 Å². The number of nitrogens with one attached hydrogen (secondary N) is 3. The van der Waals surface area contributed by atoms with Gasteiger partial charge in [0, 0.05) is 23.1 Å². The molecule has 3 rings (SSSR count). The van der Waals surface area contributed by atoms with Gasteiger partial charge >= 0.3 is 6.03 Å². The van der Waals surface area contributed by atoms with Crippen molar-refractivity contribution in [1.82, 2.24) is 14.7 Å². The molecule has 0 aliphatic heterocycles. The van der Waals surface area contributed by atoms with Crippen molar-refractivity contribution in [1.29, 1.82) is 0 Å². The molecule has 0 unspecified atom stereocenters. The van der Waals surface area contributed by atoms with Gasteiger partial charge in [-0.1, -0.05) is 11.6 Å². The molecule has 3 aromatic rings. The Morgan fingerprint density at radius 1 is 0.800 bits per heavy atom. The van der Waals surface area contributed by atoms with Crippen molar-refractivity contribution in [3.8, 4) is 0 Å². The zero-order chi connectivity index (χ0) is 21.8. The van der Waals surface area contributed by atoms with Crippen molar-refractivity contribution in [3.05, 3.63) is 72.0 Å². The summed E-state index contributed by atoms with van der Waals surface area (Å²) in [7, 11) is -8.04. The molecule has 0 saturated heterocycles. The lowest BCUT2D eigenvalue weighted by molar-refractivity contribution is 0.256. The van der Waals surface area contributed by atoms with Gasteiger partial charge in [0.05, 0.1) is 9.79 Å². The zero-order valence-electron chi connectivity index (χ0n) is 15.0. The minimum absolute atomic E-state index is 0.0912. The molecule has 0 radical (unpaired) electrons. The first-order valence-corrected chi connectivity index (χ1v) is 11.5. The standard InChI is InChI=1S/C17H14ClN5O5S2/c18-12-2-6-14(7-3-12)30(27,28)23-17(24)21-13-4-8-15(9-5-13)29(25,26)22-16-19-10-1-11-20-16/h1-11H,(H,19,20,22)(H2,21,23,24). The molecule has 2 aromatic carbocycles. The van der Waals surface area contributed by atoms with Crippen molar-refractivity contribution in [2.24, 2.45) is 0 Å². The normalized spacial score (nSPS) is 11.5. The lowest BCUT2D eigenvalue weighted by atomic mass is 10.3. The summed E-state index contributed by atoms with van der Waals surface area (Å²) in [4.78, 5) is 19.3. The fourth-order valence-electron chi connectivity index (χ4n) is 2.20. The van der Waals surface area contributed by atoms with E-state index in [1.807, 2.05) is 4.72 Å². The third-order valence-corrected chi connectivity index (χ3v) is 6.51. The van der Waals surface area contributed by atoms with Gasteiger partial charge in [-0.3, -0.25) is 0 Å². The molecule has 0 spiro atoms. The van der Waals surface area contributed by atoms with E-state index in [0.717, 1.165) is 0 Å². The Bertz CT molecular complexity index is 1250. The zero-order valence-corrected chi connectivity index (χ0v) is 17.4. The van der Waals surface area contributed by atoms with Crippen LogP contribution >= 0.6 is 11.6 Å². The predicted molar refractivity (Wildman–Crippen MR) is 110 cm³/mol. The number of sulfonamides is 2. The molecule has 2 amide bonds. The Morgan fingerprint density at radius 2 is 1.33 bits per heavy atom. The Hall–Kier alpha value is -3.22. The van der Waals surface area contributed by atoms with E-state index in [2.05, 4.69) is 20.0 Å². The van der Waals surface area contributed by atoms with Gasteiger partial charge in [0.2, 0.25) is 5.95 Å². The molecule has 0 bridgehead atoms. The Kier molecular flexibility index (Phi) is 6.20. The lowest BCUT2D eigenvalue weighted by Crippen LogP contribution is -2.34. The minimum Gasteiger partial charge on any atom is -0.307 e. The fourth-order valence-corrected chi connectivity index (χ4v) is 4.19. The first-order valence-electron chi connectivity index (χ1n) is 8.15. The molecule has 30 heavy (non-hydrogen) atoms. The van der Waals surface area contributed by atoms with Gasteiger partial charge < -0.3 is 5.32 Å². The molecule has 0 saturated carbocycles. The van der Waals surface area contributed by atoms with Crippen LogP contribution in [0.3, 0.4) is 0 Å². The number of amides is 2. The summed E-state index contributed by atoms with van der Waals surface area (Å²) in [6.45, 7) is 0. The van der Waals surface area contributed by atoms with E-state index in [4.69, 9.17) is 11.6 Å². The van der Waals surface area contributed by atoms with E-state index in [-0.39, 0.29) is 21.4 Å². The second kappa shape index (κ2) is 8.65. The predicted octanol–water partition coefficient (Wildman–Crippen LogP) is 2.44. The van der Waals surface area contributed by atoms with Crippen LogP contribution < -0.4 is 14.8 Å². The lowest BCUT2D eigenvalue weighted by Gasteiger charge is -2.10. The summed E-state index contributed by atoms with van der Waals surface area (Å²) in [6.07, 6.45) is 2.77. The first-order chi connectivity index (χ1) is 14.2. The largest absolute Gasteiger partial charge is 0.333 e. The van der Waals surface area contributed by atoms with E-state index in [9.17, 15) is 21.6 Å². The number of halogens is 1. The number of aromatic nitrogens is 2. The number of rotatable bonds is 6. The van der Waals surface area contributed by atoms with Gasteiger partial charge in [0.25, 0.3) is 20.0 Å². The maximum atomic E-state index is 12.3. The van der Waals surface area contributed by atoms with Crippen molar-refractivity contribution >= 4 is 49.3 Å². The Labute approximate surface area is 177 Å². The van der Waals surface area contributed by atoms with E-state index in [1.54, 1.807) is 0 Å². The van der Waals surface area contributed by atoms with Crippen molar-refractivity contribution in [2.75, 3.05) is 10.0 Å². The Morgan fingerprint density at radius 3 is 1.93 bits per heavy atom. The highest BCUT2D eigenvalue weighted by atomic mass is 35.5. The van der Waals surface area contributed by atoms with Crippen LogP contribution in [0.4, 0.5) is 16.4 Å². The number of carbonyl (C=O) groups is 1. The number of urea groups is 1. The second-order valence-electron chi connectivity index (χ2n) is 5.72. The smallest absolute Gasteiger partial charge is 0.307 e. The minimum atomic E-state index is -4.10.